The second-order valence-corrected chi connectivity index (χ2v) is 4.17. The minimum Gasteiger partial charge on any atom is -0.0885 e. The van der Waals surface area contributed by atoms with Gasteiger partial charge in [0.05, 0.1) is 0 Å². The summed E-state index contributed by atoms with van der Waals surface area (Å²) in [4.78, 5) is 0. The summed E-state index contributed by atoms with van der Waals surface area (Å²) in [6.07, 6.45) is 18.5. The first kappa shape index (κ1) is 13.7. The molecule has 0 heteroatoms. The third-order valence-electron chi connectivity index (χ3n) is 2.62. The van der Waals surface area contributed by atoms with Crippen molar-refractivity contribution in [1.82, 2.24) is 0 Å². The van der Waals surface area contributed by atoms with Crippen molar-refractivity contribution in [1.29, 1.82) is 0 Å². The van der Waals surface area contributed by atoms with Gasteiger partial charge in [-0.15, -0.1) is 0 Å². The average Bonchev–Trinajstić information content (AvgIpc) is 2.21. The molecule has 0 aliphatic rings. The fourth-order valence-corrected chi connectivity index (χ4v) is 1.60. The summed E-state index contributed by atoms with van der Waals surface area (Å²) in [6, 6.07) is 0. The first-order valence-corrected chi connectivity index (χ1v) is 6.56. The Labute approximate surface area is 90.8 Å². The second-order valence-electron chi connectivity index (χ2n) is 4.17. The van der Waals surface area contributed by atoms with Crippen LogP contribution in [0.15, 0.2) is 12.2 Å². The molecule has 0 saturated heterocycles. The van der Waals surface area contributed by atoms with Gasteiger partial charge >= 0.3 is 0 Å². The number of rotatable bonds is 10. The quantitative estimate of drug-likeness (QED) is 0.320. The Morgan fingerprint density at radius 2 is 1.07 bits per heavy atom. The van der Waals surface area contributed by atoms with Gasteiger partial charge in [0, 0.05) is 0 Å². The van der Waals surface area contributed by atoms with Crippen molar-refractivity contribution >= 4 is 0 Å². The summed E-state index contributed by atoms with van der Waals surface area (Å²) in [5, 5.41) is 0. The van der Waals surface area contributed by atoms with Gasteiger partial charge in [0.25, 0.3) is 0 Å². The van der Waals surface area contributed by atoms with Crippen LogP contribution in [0, 0.1) is 0 Å². The van der Waals surface area contributed by atoms with E-state index in [9.17, 15) is 0 Å². The summed E-state index contributed by atoms with van der Waals surface area (Å²) < 4.78 is 0. The number of hydrogen-bond donors (Lipinski definition) is 0. The molecule has 0 heterocycles. The SMILES string of the molecule is CCCC/C=C\CCCCCCCC. The van der Waals surface area contributed by atoms with Crippen molar-refractivity contribution in [3.05, 3.63) is 12.2 Å². The van der Waals surface area contributed by atoms with Crippen LogP contribution >= 0.6 is 0 Å². The standard InChI is InChI=1S/C14H28/c1-3-5-7-9-11-13-14-12-10-8-6-4-2/h9,11H,3-8,10,12-14H2,1-2H3/b11-9-. The van der Waals surface area contributed by atoms with Crippen LogP contribution in [0.2, 0.25) is 0 Å². The van der Waals surface area contributed by atoms with E-state index >= 15 is 0 Å². The first-order valence-electron chi connectivity index (χ1n) is 6.56. The van der Waals surface area contributed by atoms with E-state index in [-0.39, 0.29) is 0 Å². The zero-order valence-corrected chi connectivity index (χ0v) is 10.2. The van der Waals surface area contributed by atoms with Gasteiger partial charge in [0.15, 0.2) is 0 Å². The van der Waals surface area contributed by atoms with Gasteiger partial charge in [-0.3, -0.25) is 0 Å². The van der Waals surface area contributed by atoms with Gasteiger partial charge in [-0.2, -0.15) is 0 Å². The predicted molar refractivity (Wildman–Crippen MR) is 66.7 cm³/mol. The van der Waals surface area contributed by atoms with Gasteiger partial charge in [0.2, 0.25) is 0 Å². The fraction of sp³-hybridized carbons (Fsp3) is 0.857. The Morgan fingerprint density at radius 3 is 1.71 bits per heavy atom. The molecule has 84 valence electrons. The smallest absolute Gasteiger partial charge is 0.0351 e. The van der Waals surface area contributed by atoms with E-state index in [0.717, 1.165) is 0 Å². The van der Waals surface area contributed by atoms with Gasteiger partial charge in [0.1, 0.15) is 0 Å². The Kier molecular flexibility index (Phi) is 12.5. The maximum atomic E-state index is 2.37. The highest BCUT2D eigenvalue weighted by Gasteiger charge is 1.87. The van der Waals surface area contributed by atoms with Crippen molar-refractivity contribution in [2.75, 3.05) is 0 Å². The van der Waals surface area contributed by atoms with Gasteiger partial charge in [-0.25, -0.2) is 0 Å². The van der Waals surface area contributed by atoms with Crippen LogP contribution in [0.1, 0.15) is 78.1 Å². The highest BCUT2D eigenvalue weighted by atomic mass is 13.9. The summed E-state index contributed by atoms with van der Waals surface area (Å²) in [5.41, 5.74) is 0. The molecule has 0 fully saturated rings. The molecule has 0 spiro atoms. The summed E-state index contributed by atoms with van der Waals surface area (Å²) in [5.74, 6) is 0. The highest BCUT2D eigenvalue weighted by Crippen LogP contribution is 2.07. The van der Waals surface area contributed by atoms with Crippen LogP contribution in [0.4, 0.5) is 0 Å². The third kappa shape index (κ3) is 11.7. The molecule has 0 N–H and O–H groups in total. The minimum atomic E-state index is 1.28. The minimum absolute atomic E-state index is 1.28. The van der Waals surface area contributed by atoms with E-state index in [2.05, 4.69) is 26.0 Å². The van der Waals surface area contributed by atoms with E-state index in [1.54, 1.807) is 0 Å². The van der Waals surface area contributed by atoms with Crippen molar-refractivity contribution in [3.8, 4) is 0 Å². The lowest BCUT2D eigenvalue weighted by Gasteiger charge is -1.97. The van der Waals surface area contributed by atoms with Crippen LogP contribution in [0.25, 0.3) is 0 Å². The van der Waals surface area contributed by atoms with E-state index < -0.39 is 0 Å². The molecule has 0 aliphatic carbocycles. The molecule has 0 aromatic carbocycles. The largest absolute Gasteiger partial charge is 0.0885 e. The number of hydrogen-bond acceptors (Lipinski definition) is 0. The molecule has 0 rings (SSSR count). The molecule has 0 radical (unpaired) electrons. The predicted octanol–water partition coefficient (Wildman–Crippen LogP) is 5.48. The summed E-state index contributed by atoms with van der Waals surface area (Å²) >= 11 is 0. The number of allylic oxidation sites excluding steroid dienone is 2. The van der Waals surface area contributed by atoms with Crippen LogP contribution in [-0.2, 0) is 0 Å². The van der Waals surface area contributed by atoms with E-state index in [0.29, 0.717) is 0 Å². The van der Waals surface area contributed by atoms with Crippen LogP contribution in [-0.4, -0.2) is 0 Å². The van der Waals surface area contributed by atoms with Gasteiger partial charge in [-0.1, -0.05) is 70.9 Å². The zero-order valence-electron chi connectivity index (χ0n) is 10.2. The fourth-order valence-electron chi connectivity index (χ4n) is 1.60. The molecule has 0 aliphatic heterocycles. The van der Waals surface area contributed by atoms with E-state index in [1.807, 2.05) is 0 Å². The lowest BCUT2D eigenvalue weighted by atomic mass is 10.1. The van der Waals surface area contributed by atoms with Crippen molar-refractivity contribution in [2.24, 2.45) is 0 Å². The van der Waals surface area contributed by atoms with Crippen molar-refractivity contribution < 1.29 is 0 Å². The molecule has 14 heavy (non-hydrogen) atoms. The molecule has 0 bridgehead atoms. The maximum Gasteiger partial charge on any atom is -0.0351 e. The van der Waals surface area contributed by atoms with Crippen LogP contribution in [0.3, 0.4) is 0 Å². The Balaban J connectivity index is 2.94. The summed E-state index contributed by atoms with van der Waals surface area (Å²) in [7, 11) is 0. The normalized spacial score (nSPS) is 11.3. The second kappa shape index (κ2) is 12.7. The molecule has 0 atom stereocenters. The lowest BCUT2D eigenvalue weighted by Crippen LogP contribution is -1.77. The van der Waals surface area contributed by atoms with Crippen LogP contribution in [0.5, 0.6) is 0 Å². The van der Waals surface area contributed by atoms with E-state index in [4.69, 9.17) is 0 Å². The highest BCUT2D eigenvalue weighted by molar-refractivity contribution is 4.80. The van der Waals surface area contributed by atoms with Gasteiger partial charge in [-0.05, 0) is 19.3 Å². The molecule has 0 nitrogen and oxygen atoms in total. The topological polar surface area (TPSA) is 0 Å². The van der Waals surface area contributed by atoms with E-state index in [1.165, 1.54) is 64.2 Å². The molecule has 0 amide bonds. The van der Waals surface area contributed by atoms with Crippen molar-refractivity contribution in [2.45, 2.75) is 78.1 Å². The van der Waals surface area contributed by atoms with Crippen LogP contribution < -0.4 is 0 Å². The Hall–Kier alpha value is -0.260. The Bertz CT molecular complexity index is 113. The molecule has 0 unspecified atom stereocenters. The van der Waals surface area contributed by atoms with Gasteiger partial charge < -0.3 is 0 Å². The molecule has 0 aromatic rings. The molecular formula is C14H28. The average molecular weight is 196 g/mol. The monoisotopic (exact) mass is 196 g/mol. The molecule has 0 saturated carbocycles. The first-order chi connectivity index (χ1) is 6.91. The molecule has 0 aromatic heterocycles. The zero-order chi connectivity index (χ0) is 10.5. The lowest BCUT2D eigenvalue weighted by molar-refractivity contribution is 0.611. The van der Waals surface area contributed by atoms with Crippen molar-refractivity contribution in [3.63, 3.8) is 0 Å². The number of unbranched alkanes of at least 4 members (excludes halogenated alkanes) is 8. The Morgan fingerprint density at radius 1 is 0.571 bits per heavy atom. The molecular weight excluding hydrogens is 168 g/mol. The maximum absolute atomic E-state index is 2.37. The summed E-state index contributed by atoms with van der Waals surface area (Å²) in [6.45, 7) is 4.53. The third-order valence-corrected chi connectivity index (χ3v) is 2.62.